The summed E-state index contributed by atoms with van der Waals surface area (Å²) in [4.78, 5) is 51.7. The quantitative estimate of drug-likeness (QED) is 0.171. The van der Waals surface area contributed by atoms with Gasteiger partial charge in [-0.25, -0.2) is 0 Å². The van der Waals surface area contributed by atoms with Crippen molar-refractivity contribution in [1.82, 2.24) is 10.6 Å². The fraction of sp³-hybridized carbons (Fsp3) is 0.300. The van der Waals surface area contributed by atoms with Crippen LogP contribution in [0.3, 0.4) is 0 Å². The van der Waals surface area contributed by atoms with Gasteiger partial charge in [-0.1, -0.05) is 91.5 Å². The van der Waals surface area contributed by atoms with Crippen LogP contribution >= 0.6 is 55.1 Å². The summed E-state index contributed by atoms with van der Waals surface area (Å²) in [6.45, 7) is 0.581. The van der Waals surface area contributed by atoms with Crippen molar-refractivity contribution >= 4 is 90.1 Å². The van der Waals surface area contributed by atoms with Crippen LogP contribution in [0.2, 0.25) is 10.0 Å². The Morgan fingerprint density at radius 3 is 1.61 bits per heavy atom. The second-order valence-corrected chi connectivity index (χ2v) is 16.4. The molecule has 2 saturated heterocycles. The Kier molecular flexibility index (Phi) is 11.0. The van der Waals surface area contributed by atoms with E-state index in [1.807, 2.05) is 72.8 Å². The Bertz CT molecular complexity index is 2110. The van der Waals surface area contributed by atoms with Crippen LogP contribution in [0, 0.1) is 0 Å². The molecule has 0 unspecified atom stereocenters. The van der Waals surface area contributed by atoms with Crippen LogP contribution in [0.25, 0.3) is 0 Å². The summed E-state index contributed by atoms with van der Waals surface area (Å²) in [7, 11) is 3.12. The van der Waals surface area contributed by atoms with Crippen LogP contribution in [0.5, 0.6) is 0 Å². The summed E-state index contributed by atoms with van der Waals surface area (Å²) in [5.74, 6) is -1.31. The molecule has 14 heteroatoms. The Morgan fingerprint density at radius 2 is 1.09 bits per heavy atom. The number of hydrogen-bond acceptors (Lipinski definition) is 6. The van der Waals surface area contributed by atoms with Crippen molar-refractivity contribution in [2.45, 2.75) is 47.7 Å². The van der Waals surface area contributed by atoms with E-state index in [4.69, 9.17) is 32.7 Å². The van der Waals surface area contributed by atoms with E-state index in [0.29, 0.717) is 16.6 Å². The average Bonchev–Trinajstić information content (AvgIpc) is 3.44. The van der Waals surface area contributed by atoms with E-state index in [-0.39, 0.29) is 48.9 Å². The van der Waals surface area contributed by atoms with Gasteiger partial charge in [0.2, 0.25) is 23.6 Å². The monoisotopic (exact) mass is 896 g/mol. The number of carbonyl (C=O) groups is 4. The first-order valence-electron chi connectivity index (χ1n) is 17.3. The molecule has 0 aliphatic carbocycles. The number of fused-ring (bicyclic) bond motifs is 4. The van der Waals surface area contributed by atoms with E-state index in [1.165, 1.54) is 0 Å². The number of anilines is 2. The number of carbonyl (C=O) groups excluding carboxylic acids is 4. The molecule has 4 heterocycles. The molecule has 54 heavy (non-hydrogen) atoms. The van der Waals surface area contributed by atoms with Crippen LogP contribution in [0.1, 0.15) is 46.9 Å². The van der Waals surface area contributed by atoms with Gasteiger partial charge in [0.05, 0.1) is 18.6 Å². The maximum atomic E-state index is 13.4. The second kappa shape index (κ2) is 15.4. The minimum atomic E-state index is -1.03. The largest absolute Gasteiger partial charge is 0.379 e. The second-order valence-electron chi connectivity index (χ2n) is 13.7. The Balaban J connectivity index is 0.000000167. The molecule has 4 aromatic carbocycles. The number of rotatable bonds is 4. The summed E-state index contributed by atoms with van der Waals surface area (Å²) in [5, 5.41) is 13.0. The molecule has 0 radical (unpaired) electrons. The highest BCUT2D eigenvalue weighted by molar-refractivity contribution is 9.10. The smallest absolute Gasteiger partial charge is 0.238 e. The molecular weight excluding hydrogens is 863 g/mol. The Hall–Kier alpha value is -3.78. The third kappa shape index (κ3) is 6.54. The molecule has 6 atom stereocenters. The van der Waals surface area contributed by atoms with E-state index < -0.39 is 29.0 Å². The molecule has 4 aliphatic heterocycles. The standard InChI is InChI=1S/2C20H18BrClN2O3/c1-27-17-9-18(25)23-10-15(11-3-2-4-13(22)7-11)20(17)14-6-5-12(21)8-16(14)24-19(20)26;1-27-17-10-23-18(25)9-15(11-3-2-4-13(22)7-11)20(17)14-6-5-12(21)8-16(14)24-19(20)26/h2*2-8,15,17H,9-10H2,1H3,(H,23,25)(H,24,26)/t2*15-,17-,20-/m00/s1. The molecule has 0 bridgehead atoms. The van der Waals surface area contributed by atoms with Gasteiger partial charge in [-0.15, -0.1) is 0 Å². The van der Waals surface area contributed by atoms with Crippen LogP contribution in [-0.4, -0.2) is 63.1 Å². The van der Waals surface area contributed by atoms with Gasteiger partial charge in [-0.05, 0) is 70.8 Å². The van der Waals surface area contributed by atoms with Gasteiger partial charge in [0.15, 0.2) is 0 Å². The fourth-order valence-electron chi connectivity index (χ4n) is 8.75. The van der Waals surface area contributed by atoms with E-state index in [2.05, 4.69) is 53.1 Å². The Labute approximate surface area is 339 Å². The molecule has 4 amide bonds. The summed E-state index contributed by atoms with van der Waals surface area (Å²) in [6.07, 6.45) is -0.846. The number of ether oxygens (including phenoxy) is 2. The topological polar surface area (TPSA) is 135 Å². The van der Waals surface area contributed by atoms with Crippen LogP contribution < -0.4 is 21.3 Å². The number of amides is 4. The summed E-state index contributed by atoms with van der Waals surface area (Å²) in [6, 6.07) is 26.2. The predicted octanol–water partition coefficient (Wildman–Crippen LogP) is 7.22. The number of benzene rings is 4. The van der Waals surface area contributed by atoms with Gasteiger partial charge < -0.3 is 30.7 Å². The molecule has 4 aliphatic rings. The van der Waals surface area contributed by atoms with Crippen molar-refractivity contribution < 1.29 is 28.7 Å². The minimum absolute atomic E-state index is 0.108. The minimum Gasteiger partial charge on any atom is -0.379 e. The lowest BCUT2D eigenvalue weighted by Crippen LogP contribution is -2.52. The maximum Gasteiger partial charge on any atom is 0.238 e. The third-order valence-electron chi connectivity index (χ3n) is 11.0. The normalized spacial score (nSPS) is 27.1. The lowest BCUT2D eigenvalue weighted by Gasteiger charge is -2.39. The van der Waals surface area contributed by atoms with E-state index >= 15 is 0 Å². The Morgan fingerprint density at radius 1 is 0.611 bits per heavy atom. The van der Waals surface area contributed by atoms with Crippen molar-refractivity contribution in [3.63, 3.8) is 0 Å². The zero-order chi connectivity index (χ0) is 38.4. The molecule has 0 aromatic heterocycles. The zero-order valence-electron chi connectivity index (χ0n) is 29.2. The molecule has 0 saturated carbocycles. The van der Waals surface area contributed by atoms with Gasteiger partial charge in [0, 0.05) is 75.9 Å². The first-order valence-corrected chi connectivity index (χ1v) is 19.6. The number of halogens is 4. The third-order valence-corrected chi connectivity index (χ3v) is 12.5. The molecular formula is C40H36Br2Cl2N4O6. The molecule has 10 nitrogen and oxygen atoms in total. The number of methoxy groups -OCH3 is 2. The SMILES string of the molecule is CO[C@H]1CC(=O)NC[C@@H](c2cccc(Cl)c2)[C@]12C(=O)Nc1cc(Br)ccc12.CO[C@H]1CNC(=O)C[C@@H](c2cccc(Cl)c2)[C@]12C(=O)Nc1cc(Br)ccc12. The molecule has 2 fully saturated rings. The van der Waals surface area contributed by atoms with Crippen LogP contribution in [0.15, 0.2) is 93.9 Å². The molecule has 8 rings (SSSR count). The highest BCUT2D eigenvalue weighted by Gasteiger charge is 2.61. The highest BCUT2D eigenvalue weighted by atomic mass is 79.9. The first-order chi connectivity index (χ1) is 25.9. The summed E-state index contributed by atoms with van der Waals surface area (Å²) < 4.78 is 13.3. The molecule has 4 aromatic rings. The molecule has 2 spiro atoms. The lowest BCUT2D eigenvalue weighted by molar-refractivity contribution is -0.130. The number of nitrogens with one attached hydrogen (secondary N) is 4. The zero-order valence-corrected chi connectivity index (χ0v) is 33.9. The van der Waals surface area contributed by atoms with Crippen molar-refractivity contribution in [1.29, 1.82) is 0 Å². The summed E-state index contributed by atoms with van der Waals surface area (Å²) >= 11 is 19.4. The van der Waals surface area contributed by atoms with Gasteiger partial charge >= 0.3 is 0 Å². The first kappa shape index (κ1) is 38.5. The van der Waals surface area contributed by atoms with E-state index in [9.17, 15) is 19.2 Å². The van der Waals surface area contributed by atoms with Gasteiger partial charge in [0.25, 0.3) is 0 Å². The fourth-order valence-corrected chi connectivity index (χ4v) is 9.87. The van der Waals surface area contributed by atoms with Crippen molar-refractivity contribution in [2.75, 3.05) is 37.9 Å². The molecule has 280 valence electrons. The van der Waals surface area contributed by atoms with Crippen molar-refractivity contribution in [2.24, 2.45) is 0 Å². The van der Waals surface area contributed by atoms with E-state index in [0.717, 1.165) is 42.6 Å². The van der Waals surface area contributed by atoms with E-state index in [1.54, 1.807) is 26.4 Å². The lowest BCUT2D eigenvalue weighted by atomic mass is 9.64. The summed E-state index contributed by atoms with van der Waals surface area (Å²) in [5.41, 5.74) is 2.80. The highest BCUT2D eigenvalue weighted by Crippen LogP contribution is 2.54. The predicted molar refractivity (Wildman–Crippen MR) is 214 cm³/mol. The maximum absolute atomic E-state index is 13.4. The van der Waals surface area contributed by atoms with Crippen molar-refractivity contribution in [3.8, 4) is 0 Å². The van der Waals surface area contributed by atoms with Gasteiger partial charge in [-0.2, -0.15) is 0 Å². The molecule has 4 N–H and O–H groups in total. The van der Waals surface area contributed by atoms with Crippen LogP contribution in [0.4, 0.5) is 11.4 Å². The average molecular weight is 899 g/mol. The van der Waals surface area contributed by atoms with Crippen LogP contribution in [-0.2, 0) is 39.5 Å². The van der Waals surface area contributed by atoms with Crippen molar-refractivity contribution in [3.05, 3.63) is 126 Å². The van der Waals surface area contributed by atoms with Gasteiger partial charge in [-0.3, -0.25) is 19.2 Å². The van der Waals surface area contributed by atoms with Gasteiger partial charge in [0.1, 0.15) is 10.8 Å². The number of hydrogen-bond donors (Lipinski definition) is 4.